The van der Waals surface area contributed by atoms with Gasteiger partial charge in [0, 0.05) is 13.1 Å². The monoisotopic (exact) mass is 270 g/mol. The SMILES string of the molecule is N#Cc1ccccc1S(=O)(=O)N1C[C@@H](O)[C@H](F)C1. The standard InChI is InChI=1S/C11H11FN2O3S/c12-9-6-14(7-10(9)15)18(16,17)11-4-2-1-3-8(11)5-13/h1-4,9-10,15H,6-7H2/t9-,10-/m1/s1. The van der Waals surface area contributed by atoms with Gasteiger partial charge in [0.1, 0.15) is 18.3 Å². The summed E-state index contributed by atoms with van der Waals surface area (Å²) in [6.07, 6.45) is -2.90. The number of halogens is 1. The minimum absolute atomic E-state index is 0.00861. The maximum atomic E-state index is 13.2. The zero-order valence-electron chi connectivity index (χ0n) is 9.32. The molecule has 1 aromatic rings. The number of alkyl halides is 1. The molecule has 0 bridgehead atoms. The maximum absolute atomic E-state index is 13.2. The number of hydrogen-bond donors (Lipinski definition) is 1. The van der Waals surface area contributed by atoms with Crippen LogP contribution >= 0.6 is 0 Å². The van der Waals surface area contributed by atoms with Crippen molar-refractivity contribution in [3.05, 3.63) is 29.8 Å². The van der Waals surface area contributed by atoms with E-state index < -0.39 is 22.3 Å². The Morgan fingerprint density at radius 1 is 1.39 bits per heavy atom. The highest BCUT2D eigenvalue weighted by atomic mass is 32.2. The van der Waals surface area contributed by atoms with Gasteiger partial charge in [-0.15, -0.1) is 0 Å². The van der Waals surface area contributed by atoms with Crippen LogP contribution in [0.4, 0.5) is 4.39 Å². The van der Waals surface area contributed by atoms with E-state index >= 15 is 0 Å². The molecule has 1 aliphatic rings. The highest BCUT2D eigenvalue weighted by molar-refractivity contribution is 7.89. The summed E-state index contributed by atoms with van der Waals surface area (Å²) in [7, 11) is -3.94. The molecule has 0 unspecified atom stereocenters. The molecule has 2 rings (SSSR count). The molecule has 0 saturated carbocycles. The molecule has 1 aromatic carbocycles. The van der Waals surface area contributed by atoms with Crippen molar-refractivity contribution in [2.75, 3.05) is 13.1 Å². The Kier molecular flexibility index (Phi) is 3.34. The number of β-amino-alcohol motifs (C(OH)–C–C–N with tert-alkyl or cyclic N) is 1. The summed E-state index contributed by atoms with van der Waals surface area (Å²) < 4.78 is 38.4. The molecule has 0 amide bonds. The maximum Gasteiger partial charge on any atom is 0.244 e. The highest BCUT2D eigenvalue weighted by Crippen LogP contribution is 2.24. The van der Waals surface area contributed by atoms with Crippen LogP contribution in [0.2, 0.25) is 0 Å². The Labute approximate surface area is 104 Å². The molecule has 1 N–H and O–H groups in total. The molecule has 1 aliphatic heterocycles. The number of rotatable bonds is 2. The Morgan fingerprint density at radius 2 is 2.06 bits per heavy atom. The van der Waals surface area contributed by atoms with Crippen molar-refractivity contribution in [1.82, 2.24) is 4.31 Å². The van der Waals surface area contributed by atoms with Crippen molar-refractivity contribution >= 4 is 10.0 Å². The summed E-state index contributed by atoms with van der Waals surface area (Å²) in [6, 6.07) is 7.51. The van der Waals surface area contributed by atoms with Gasteiger partial charge >= 0.3 is 0 Å². The van der Waals surface area contributed by atoms with Crippen LogP contribution in [0.5, 0.6) is 0 Å². The molecule has 1 fully saturated rings. The van der Waals surface area contributed by atoms with E-state index in [1.54, 1.807) is 12.1 Å². The van der Waals surface area contributed by atoms with E-state index in [0.717, 1.165) is 4.31 Å². The number of benzene rings is 1. The quantitative estimate of drug-likeness (QED) is 0.836. The van der Waals surface area contributed by atoms with E-state index in [4.69, 9.17) is 5.26 Å². The van der Waals surface area contributed by atoms with Crippen LogP contribution in [-0.4, -0.2) is 43.2 Å². The predicted octanol–water partition coefficient (Wildman–Crippen LogP) is 0.262. The third-order valence-electron chi connectivity index (χ3n) is 2.81. The summed E-state index contributed by atoms with van der Waals surface area (Å²) in [4.78, 5) is -0.159. The zero-order chi connectivity index (χ0) is 13.3. The average molecular weight is 270 g/mol. The molecular weight excluding hydrogens is 259 g/mol. The van der Waals surface area contributed by atoms with Gasteiger partial charge in [0.2, 0.25) is 10.0 Å². The van der Waals surface area contributed by atoms with E-state index in [1.807, 2.05) is 0 Å². The average Bonchev–Trinajstić information content (AvgIpc) is 2.70. The predicted molar refractivity (Wildman–Crippen MR) is 60.8 cm³/mol. The molecule has 0 spiro atoms. The molecule has 1 saturated heterocycles. The minimum atomic E-state index is -3.94. The fourth-order valence-corrected chi connectivity index (χ4v) is 3.44. The van der Waals surface area contributed by atoms with Gasteiger partial charge in [-0.2, -0.15) is 9.57 Å². The summed E-state index contributed by atoms with van der Waals surface area (Å²) in [5.41, 5.74) is 0.00861. The largest absolute Gasteiger partial charge is 0.389 e. The molecular formula is C11H11FN2O3S. The second-order valence-corrected chi connectivity index (χ2v) is 5.92. The zero-order valence-corrected chi connectivity index (χ0v) is 10.1. The number of nitriles is 1. The van der Waals surface area contributed by atoms with Crippen molar-refractivity contribution in [2.24, 2.45) is 0 Å². The summed E-state index contributed by atoms with van der Waals surface area (Å²) in [5, 5.41) is 18.1. The second kappa shape index (κ2) is 4.65. The minimum Gasteiger partial charge on any atom is -0.389 e. The lowest BCUT2D eigenvalue weighted by Crippen LogP contribution is -2.30. The molecule has 5 nitrogen and oxygen atoms in total. The Morgan fingerprint density at radius 3 is 2.61 bits per heavy atom. The van der Waals surface area contributed by atoms with E-state index in [9.17, 15) is 17.9 Å². The van der Waals surface area contributed by atoms with Gasteiger partial charge < -0.3 is 5.11 Å². The summed E-state index contributed by atoms with van der Waals surface area (Å²) in [6.45, 7) is -0.674. The third kappa shape index (κ3) is 2.10. The van der Waals surface area contributed by atoms with Gasteiger partial charge in [-0.25, -0.2) is 12.8 Å². The molecule has 96 valence electrons. The van der Waals surface area contributed by atoms with Gasteiger partial charge in [0.05, 0.1) is 10.5 Å². The second-order valence-electron chi connectivity index (χ2n) is 4.01. The Hall–Kier alpha value is -1.49. The van der Waals surface area contributed by atoms with Gasteiger partial charge in [-0.05, 0) is 12.1 Å². The normalized spacial score (nSPS) is 24.9. The first-order valence-corrected chi connectivity index (χ1v) is 6.72. The van der Waals surface area contributed by atoms with Gasteiger partial charge in [0.25, 0.3) is 0 Å². The van der Waals surface area contributed by atoms with E-state index in [1.165, 1.54) is 18.2 Å². The fourth-order valence-electron chi connectivity index (χ4n) is 1.83. The van der Waals surface area contributed by atoms with Crippen molar-refractivity contribution in [2.45, 2.75) is 17.2 Å². The number of sulfonamides is 1. The van der Waals surface area contributed by atoms with Crippen LogP contribution in [-0.2, 0) is 10.0 Å². The lowest BCUT2D eigenvalue weighted by molar-refractivity contribution is 0.117. The van der Waals surface area contributed by atoms with Crippen molar-refractivity contribution < 1.29 is 17.9 Å². The fraction of sp³-hybridized carbons (Fsp3) is 0.364. The van der Waals surface area contributed by atoms with Crippen LogP contribution in [0.3, 0.4) is 0 Å². The first-order valence-electron chi connectivity index (χ1n) is 5.28. The van der Waals surface area contributed by atoms with Crippen molar-refractivity contribution in [3.8, 4) is 6.07 Å². The van der Waals surface area contributed by atoms with Gasteiger partial charge in [0.15, 0.2) is 0 Å². The van der Waals surface area contributed by atoms with Gasteiger partial charge in [-0.3, -0.25) is 0 Å². The lowest BCUT2D eigenvalue weighted by atomic mass is 10.2. The van der Waals surface area contributed by atoms with E-state index in [-0.39, 0.29) is 23.5 Å². The Balaban J connectivity index is 2.41. The van der Waals surface area contributed by atoms with Crippen LogP contribution in [0.25, 0.3) is 0 Å². The van der Waals surface area contributed by atoms with E-state index in [2.05, 4.69) is 0 Å². The number of hydrogen-bond acceptors (Lipinski definition) is 4. The molecule has 2 atom stereocenters. The topological polar surface area (TPSA) is 81.4 Å². The molecule has 0 aromatic heterocycles. The number of nitrogens with zero attached hydrogens (tertiary/aromatic N) is 2. The number of aliphatic hydroxyl groups excluding tert-OH is 1. The smallest absolute Gasteiger partial charge is 0.244 e. The van der Waals surface area contributed by atoms with Crippen molar-refractivity contribution in [3.63, 3.8) is 0 Å². The van der Waals surface area contributed by atoms with Crippen LogP contribution in [0.15, 0.2) is 29.2 Å². The van der Waals surface area contributed by atoms with Crippen LogP contribution in [0.1, 0.15) is 5.56 Å². The first-order chi connectivity index (χ1) is 8.46. The van der Waals surface area contributed by atoms with Gasteiger partial charge in [-0.1, -0.05) is 12.1 Å². The van der Waals surface area contributed by atoms with E-state index in [0.29, 0.717) is 0 Å². The van der Waals surface area contributed by atoms with Crippen LogP contribution in [0, 0.1) is 11.3 Å². The molecule has 7 heteroatoms. The lowest BCUT2D eigenvalue weighted by Gasteiger charge is -2.16. The summed E-state index contributed by atoms with van der Waals surface area (Å²) >= 11 is 0. The third-order valence-corrected chi connectivity index (χ3v) is 4.70. The summed E-state index contributed by atoms with van der Waals surface area (Å²) in [5.74, 6) is 0. The highest BCUT2D eigenvalue weighted by Gasteiger charge is 2.39. The Bertz CT molecular complexity index is 587. The molecule has 0 aliphatic carbocycles. The molecule has 0 radical (unpaired) electrons. The first kappa shape index (κ1) is 13.0. The van der Waals surface area contributed by atoms with Crippen LogP contribution < -0.4 is 0 Å². The number of aliphatic hydroxyl groups is 1. The molecule has 18 heavy (non-hydrogen) atoms. The molecule has 1 heterocycles. The van der Waals surface area contributed by atoms with Crippen molar-refractivity contribution in [1.29, 1.82) is 5.26 Å².